The van der Waals surface area contributed by atoms with Gasteiger partial charge in [0.2, 0.25) is 5.91 Å². The number of carbonyl (C=O) groups is 2. The molecule has 0 aliphatic heterocycles. The third-order valence-electron chi connectivity index (χ3n) is 2.54. The minimum absolute atomic E-state index is 0.160. The standard InChI is InChI=1S/C14H20N2O4/c1-16(2)8-12(11-6-4-3-5-7-11)15-13(17)9-20-10-14(18)19/h3-7,12H,8-10H2,1-2H3,(H,15,17)(H,18,19). The van der Waals surface area contributed by atoms with Gasteiger partial charge in [0.1, 0.15) is 13.2 Å². The van der Waals surface area contributed by atoms with Gasteiger partial charge >= 0.3 is 5.97 Å². The zero-order valence-electron chi connectivity index (χ0n) is 11.7. The Kier molecular flexibility index (Phi) is 6.69. The molecule has 1 amide bonds. The highest BCUT2D eigenvalue weighted by atomic mass is 16.5. The van der Waals surface area contributed by atoms with Crippen molar-refractivity contribution < 1.29 is 19.4 Å². The lowest BCUT2D eigenvalue weighted by atomic mass is 10.1. The topological polar surface area (TPSA) is 78.9 Å². The Hall–Kier alpha value is -1.92. The van der Waals surface area contributed by atoms with Crippen LogP contribution in [-0.4, -0.2) is 55.7 Å². The van der Waals surface area contributed by atoms with Crippen molar-refractivity contribution in [3.05, 3.63) is 35.9 Å². The first-order chi connectivity index (χ1) is 9.49. The van der Waals surface area contributed by atoms with E-state index in [0.29, 0.717) is 6.54 Å². The van der Waals surface area contributed by atoms with Crippen LogP contribution in [0.5, 0.6) is 0 Å². The third-order valence-corrected chi connectivity index (χ3v) is 2.54. The lowest BCUT2D eigenvalue weighted by molar-refractivity contribution is -0.143. The van der Waals surface area contributed by atoms with Crippen LogP contribution < -0.4 is 5.32 Å². The van der Waals surface area contributed by atoms with E-state index in [4.69, 9.17) is 9.84 Å². The van der Waals surface area contributed by atoms with E-state index in [1.165, 1.54) is 0 Å². The molecule has 2 N–H and O–H groups in total. The number of ether oxygens (including phenoxy) is 1. The second-order valence-electron chi connectivity index (χ2n) is 4.68. The van der Waals surface area contributed by atoms with Crippen molar-refractivity contribution in [2.45, 2.75) is 6.04 Å². The summed E-state index contributed by atoms with van der Waals surface area (Å²) in [5, 5.41) is 11.3. The molecule has 0 aromatic heterocycles. The summed E-state index contributed by atoms with van der Waals surface area (Å²) in [7, 11) is 3.84. The van der Waals surface area contributed by atoms with Crippen LogP contribution in [0.3, 0.4) is 0 Å². The number of hydrogen-bond acceptors (Lipinski definition) is 4. The largest absolute Gasteiger partial charge is 0.480 e. The van der Waals surface area contributed by atoms with Crippen LogP contribution in [0.15, 0.2) is 30.3 Å². The summed E-state index contributed by atoms with van der Waals surface area (Å²) in [4.78, 5) is 24.0. The van der Waals surface area contributed by atoms with Gasteiger partial charge in [0, 0.05) is 6.54 Å². The van der Waals surface area contributed by atoms with Crippen LogP contribution >= 0.6 is 0 Å². The summed E-state index contributed by atoms with van der Waals surface area (Å²) < 4.78 is 4.77. The maximum Gasteiger partial charge on any atom is 0.329 e. The Morgan fingerprint density at radius 1 is 1.25 bits per heavy atom. The summed E-state index contributed by atoms with van der Waals surface area (Å²) >= 11 is 0. The molecule has 0 bridgehead atoms. The fourth-order valence-corrected chi connectivity index (χ4v) is 1.75. The van der Waals surface area contributed by atoms with Gasteiger partial charge in [-0.05, 0) is 19.7 Å². The molecule has 0 spiro atoms. The van der Waals surface area contributed by atoms with Crippen molar-refractivity contribution in [1.29, 1.82) is 0 Å². The Labute approximate surface area is 118 Å². The number of carbonyl (C=O) groups excluding carboxylic acids is 1. The minimum atomic E-state index is -1.09. The molecule has 20 heavy (non-hydrogen) atoms. The molecule has 0 radical (unpaired) electrons. The predicted octanol–water partition coefficient (Wildman–Crippen LogP) is 0.507. The van der Waals surface area contributed by atoms with E-state index < -0.39 is 12.6 Å². The van der Waals surface area contributed by atoms with Crippen molar-refractivity contribution in [2.75, 3.05) is 33.9 Å². The molecule has 0 fully saturated rings. The van der Waals surface area contributed by atoms with Crippen LogP contribution in [0, 0.1) is 0 Å². The number of carboxylic acids is 1. The number of nitrogens with one attached hydrogen (secondary N) is 1. The van der Waals surface area contributed by atoms with Gasteiger partial charge in [0.25, 0.3) is 0 Å². The van der Waals surface area contributed by atoms with E-state index in [0.717, 1.165) is 5.56 Å². The number of hydrogen-bond donors (Lipinski definition) is 2. The SMILES string of the molecule is CN(C)CC(NC(=O)COCC(=O)O)c1ccccc1. The van der Waals surface area contributed by atoms with Gasteiger partial charge in [-0.1, -0.05) is 30.3 Å². The molecule has 0 saturated carbocycles. The second kappa shape index (κ2) is 8.29. The molecule has 0 aliphatic rings. The first kappa shape index (κ1) is 16.1. The van der Waals surface area contributed by atoms with Crippen LogP contribution in [0.2, 0.25) is 0 Å². The second-order valence-corrected chi connectivity index (χ2v) is 4.68. The van der Waals surface area contributed by atoms with E-state index >= 15 is 0 Å². The zero-order chi connectivity index (χ0) is 15.0. The summed E-state index contributed by atoms with van der Waals surface area (Å²) in [6.07, 6.45) is 0. The van der Waals surface area contributed by atoms with Crippen LogP contribution in [0.25, 0.3) is 0 Å². The van der Waals surface area contributed by atoms with Crippen LogP contribution in [-0.2, 0) is 14.3 Å². The Morgan fingerprint density at radius 3 is 2.45 bits per heavy atom. The quantitative estimate of drug-likeness (QED) is 0.725. The van der Waals surface area contributed by atoms with Crippen molar-refractivity contribution in [1.82, 2.24) is 10.2 Å². The Morgan fingerprint density at radius 2 is 1.90 bits per heavy atom. The zero-order valence-corrected chi connectivity index (χ0v) is 11.7. The first-order valence-electron chi connectivity index (χ1n) is 6.27. The molecule has 1 aromatic rings. The number of benzene rings is 1. The average molecular weight is 280 g/mol. The van der Waals surface area contributed by atoms with E-state index in [9.17, 15) is 9.59 Å². The van der Waals surface area contributed by atoms with Gasteiger partial charge in [0.15, 0.2) is 0 Å². The maximum atomic E-state index is 11.7. The minimum Gasteiger partial charge on any atom is -0.480 e. The van der Waals surface area contributed by atoms with Crippen molar-refractivity contribution in [3.8, 4) is 0 Å². The highest BCUT2D eigenvalue weighted by Gasteiger charge is 2.15. The molecular weight excluding hydrogens is 260 g/mol. The molecule has 0 heterocycles. The summed E-state index contributed by atoms with van der Waals surface area (Å²) in [5.74, 6) is -1.42. The van der Waals surface area contributed by atoms with E-state index in [1.54, 1.807) is 0 Å². The highest BCUT2D eigenvalue weighted by Crippen LogP contribution is 2.13. The molecule has 1 rings (SSSR count). The molecular formula is C14H20N2O4. The summed E-state index contributed by atoms with van der Waals surface area (Å²) in [5.41, 5.74) is 0.993. The fraction of sp³-hybridized carbons (Fsp3) is 0.429. The fourth-order valence-electron chi connectivity index (χ4n) is 1.75. The molecule has 1 aromatic carbocycles. The lowest BCUT2D eigenvalue weighted by Gasteiger charge is -2.22. The summed E-state index contributed by atoms with van der Waals surface area (Å²) in [6, 6.07) is 9.44. The number of rotatable bonds is 8. The number of aliphatic carboxylic acids is 1. The van der Waals surface area contributed by atoms with E-state index in [2.05, 4.69) is 5.32 Å². The van der Waals surface area contributed by atoms with Gasteiger partial charge in [-0.15, -0.1) is 0 Å². The van der Waals surface area contributed by atoms with E-state index in [-0.39, 0.29) is 18.6 Å². The van der Waals surface area contributed by atoms with Gasteiger partial charge in [0.05, 0.1) is 6.04 Å². The smallest absolute Gasteiger partial charge is 0.329 e. The first-order valence-corrected chi connectivity index (χ1v) is 6.27. The van der Waals surface area contributed by atoms with Crippen LogP contribution in [0.4, 0.5) is 0 Å². The number of likely N-dealkylation sites (N-methyl/N-ethyl adjacent to an activating group) is 1. The van der Waals surface area contributed by atoms with Gasteiger partial charge in [-0.25, -0.2) is 4.79 Å². The van der Waals surface area contributed by atoms with Crippen molar-refractivity contribution >= 4 is 11.9 Å². The number of carboxylic acid groups (broad SMARTS) is 1. The third kappa shape index (κ3) is 6.31. The lowest BCUT2D eigenvalue weighted by Crippen LogP contribution is -2.37. The van der Waals surface area contributed by atoms with Crippen LogP contribution in [0.1, 0.15) is 11.6 Å². The molecule has 1 atom stereocenters. The number of nitrogens with zero attached hydrogens (tertiary/aromatic N) is 1. The number of amides is 1. The predicted molar refractivity (Wildman–Crippen MR) is 74.3 cm³/mol. The molecule has 0 aliphatic carbocycles. The van der Waals surface area contributed by atoms with Gasteiger partial charge < -0.3 is 20.1 Å². The maximum absolute atomic E-state index is 11.7. The monoisotopic (exact) mass is 280 g/mol. The molecule has 6 nitrogen and oxygen atoms in total. The van der Waals surface area contributed by atoms with Crippen molar-refractivity contribution in [3.63, 3.8) is 0 Å². The Bertz CT molecular complexity index is 434. The van der Waals surface area contributed by atoms with Crippen molar-refractivity contribution in [2.24, 2.45) is 0 Å². The molecule has 110 valence electrons. The molecule has 6 heteroatoms. The summed E-state index contributed by atoms with van der Waals surface area (Å²) in [6.45, 7) is -0.0884. The van der Waals surface area contributed by atoms with E-state index in [1.807, 2.05) is 49.3 Å². The average Bonchev–Trinajstić information content (AvgIpc) is 2.38. The molecule has 1 unspecified atom stereocenters. The highest BCUT2D eigenvalue weighted by molar-refractivity contribution is 5.78. The van der Waals surface area contributed by atoms with Gasteiger partial charge in [-0.2, -0.15) is 0 Å². The normalized spacial score (nSPS) is 12.2. The van der Waals surface area contributed by atoms with Gasteiger partial charge in [-0.3, -0.25) is 4.79 Å². The Balaban J connectivity index is 2.57. The molecule has 0 saturated heterocycles.